The number of nitrogens with one attached hydrogen (secondary N) is 1. The first-order chi connectivity index (χ1) is 12.1. The van der Waals surface area contributed by atoms with E-state index >= 15 is 0 Å². The van der Waals surface area contributed by atoms with Crippen molar-refractivity contribution >= 4 is 21.9 Å². The Morgan fingerprint density at radius 2 is 1.77 bits per heavy atom. The minimum absolute atomic E-state index is 0.0793. The maximum absolute atomic E-state index is 12.6. The van der Waals surface area contributed by atoms with Crippen LogP contribution in [0.1, 0.15) is 36.2 Å². The first-order valence-corrected chi connectivity index (χ1v) is 9.59. The molecule has 2 N–H and O–H groups in total. The Morgan fingerprint density at radius 3 is 2.31 bits per heavy atom. The quantitative estimate of drug-likeness (QED) is 0.769. The summed E-state index contributed by atoms with van der Waals surface area (Å²) < 4.78 is 26.1. The molecule has 0 radical (unpaired) electrons. The molecule has 7 nitrogen and oxygen atoms in total. The molecular formula is C18H22N2O5S. The number of carbonyl (C=O) groups is 2. The van der Waals surface area contributed by atoms with Gasteiger partial charge >= 0.3 is 5.97 Å². The number of rotatable bonds is 7. The van der Waals surface area contributed by atoms with E-state index in [1.165, 1.54) is 30.6 Å². The summed E-state index contributed by atoms with van der Waals surface area (Å²) in [5.41, 5.74) is 1.01. The number of carboxylic acid groups (broad SMARTS) is 1. The number of amides is 1. The van der Waals surface area contributed by atoms with E-state index in [-0.39, 0.29) is 22.8 Å². The molecule has 140 valence electrons. The third kappa shape index (κ3) is 4.51. The number of nitrogens with zero attached hydrogens (tertiary/aromatic N) is 1. The molecule has 8 heteroatoms. The summed E-state index contributed by atoms with van der Waals surface area (Å²) in [5, 5.41) is 11.6. The Hall–Kier alpha value is -2.61. The molecule has 2 rings (SSSR count). The molecule has 0 aliphatic rings. The fourth-order valence-corrected chi connectivity index (χ4v) is 3.62. The van der Waals surface area contributed by atoms with Crippen molar-refractivity contribution in [3.05, 3.63) is 53.9 Å². The van der Waals surface area contributed by atoms with Crippen LogP contribution in [0, 0.1) is 12.8 Å². The predicted octanol–water partition coefficient (Wildman–Crippen LogP) is 2.26. The first kappa shape index (κ1) is 19.7. The summed E-state index contributed by atoms with van der Waals surface area (Å²) in [6, 6.07) is 6.68. The van der Waals surface area contributed by atoms with Crippen LogP contribution >= 0.6 is 0 Å². The van der Waals surface area contributed by atoms with Gasteiger partial charge in [0.05, 0.1) is 10.5 Å². The van der Waals surface area contributed by atoms with Crippen molar-refractivity contribution in [2.75, 3.05) is 0 Å². The Bertz CT molecular complexity index is 898. The van der Waals surface area contributed by atoms with Crippen LogP contribution in [0.5, 0.6) is 0 Å². The standard InChI is InChI=1S/C18H22N2O5S/c1-12(2)10-16(18(22)23)19-17(21)14-8-9-20(11-14)26(24,25)15-6-4-13(3)5-7-15/h4-9,11-12,16H,10H2,1-3H3,(H,19,21)(H,22,23)/t16-/m0/s1. The fourth-order valence-electron chi connectivity index (χ4n) is 2.43. The van der Waals surface area contributed by atoms with Crippen LogP contribution < -0.4 is 5.32 Å². The lowest BCUT2D eigenvalue weighted by Gasteiger charge is -2.15. The van der Waals surface area contributed by atoms with Gasteiger partial charge in [0.2, 0.25) is 0 Å². The lowest BCUT2D eigenvalue weighted by Crippen LogP contribution is -2.41. The monoisotopic (exact) mass is 378 g/mol. The van der Waals surface area contributed by atoms with Crippen molar-refractivity contribution in [3.8, 4) is 0 Å². The number of aromatic nitrogens is 1. The molecule has 26 heavy (non-hydrogen) atoms. The zero-order chi connectivity index (χ0) is 19.5. The summed E-state index contributed by atoms with van der Waals surface area (Å²) in [6.45, 7) is 5.56. The molecule has 0 fully saturated rings. The van der Waals surface area contributed by atoms with Crippen molar-refractivity contribution in [3.63, 3.8) is 0 Å². The second-order valence-electron chi connectivity index (χ2n) is 6.54. The van der Waals surface area contributed by atoms with Crippen molar-refractivity contribution in [2.45, 2.75) is 38.1 Å². The number of hydrogen-bond donors (Lipinski definition) is 2. The van der Waals surface area contributed by atoms with Gasteiger partial charge in [0.15, 0.2) is 0 Å². The Morgan fingerprint density at radius 1 is 1.15 bits per heavy atom. The molecule has 1 aromatic heterocycles. The summed E-state index contributed by atoms with van der Waals surface area (Å²) in [7, 11) is -3.81. The minimum atomic E-state index is -3.81. The molecule has 0 spiro atoms. The van der Waals surface area contributed by atoms with Crippen LogP contribution in [0.15, 0.2) is 47.6 Å². The third-order valence-corrected chi connectivity index (χ3v) is 5.49. The average molecular weight is 378 g/mol. The van der Waals surface area contributed by atoms with Gasteiger partial charge in [-0.25, -0.2) is 17.2 Å². The van der Waals surface area contributed by atoms with Crippen LogP contribution in [0.25, 0.3) is 0 Å². The molecule has 0 saturated heterocycles. The molecule has 0 aliphatic carbocycles. The SMILES string of the molecule is Cc1ccc(S(=O)(=O)n2ccc(C(=O)N[C@@H](CC(C)C)C(=O)O)c2)cc1. The van der Waals surface area contributed by atoms with Gasteiger partial charge in [-0.05, 0) is 37.5 Å². The molecule has 1 heterocycles. The predicted molar refractivity (Wildman–Crippen MR) is 96.5 cm³/mol. The van der Waals surface area contributed by atoms with E-state index in [0.29, 0.717) is 0 Å². The van der Waals surface area contributed by atoms with Gasteiger partial charge < -0.3 is 10.4 Å². The van der Waals surface area contributed by atoms with Crippen LogP contribution in [0.2, 0.25) is 0 Å². The van der Waals surface area contributed by atoms with Crippen molar-refractivity contribution in [1.82, 2.24) is 9.29 Å². The fraction of sp³-hybridized carbons (Fsp3) is 0.333. The molecule has 0 aliphatic heterocycles. The summed E-state index contributed by atoms with van der Waals surface area (Å²) in [5.74, 6) is -1.67. The molecule has 1 amide bonds. The summed E-state index contributed by atoms with van der Waals surface area (Å²) in [6.07, 6.45) is 2.73. The van der Waals surface area contributed by atoms with Gasteiger partial charge in [0.25, 0.3) is 15.9 Å². The van der Waals surface area contributed by atoms with Gasteiger partial charge in [-0.3, -0.25) is 4.79 Å². The number of hydrogen-bond acceptors (Lipinski definition) is 4. The number of benzene rings is 1. The molecule has 0 unspecified atom stereocenters. The van der Waals surface area contributed by atoms with Crippen molar-refractivity contribution < 1.29 is 23.1 Å². The number of carbonyl (C=O) groups excluding carboxylic acids is 1. The minimum Gasteiger partial charge on any atom is -0.480 e. The third-order valence-electron chi connectivity index (χ3n) is 3.84. The van der Waals surface area contributed by atoms with Crippen LogP contribution in [0.4, 0.5) is 0 Å². The molecule has 2 aromatic rings. The lowest BCUT2D eigenvalue weighted by molar-refractivity contribution is -0.139. The van der Waals surface area contributed by atoms with E-state index in [4.69, 9.17) is 0 Å². The first-order valence-electron chi connectivity index (χ1n) is 8.15. The average Bonchev–Trinajstić information content (AvgIpc) is 3.05. The van der Waals surface area contributed by atoms with Gasteiger partial charge in [-0.1, -0.05) is 31.5 Å². The van der Waals surface area contributed by atoms with E-state index in [1.807, 2.05) is 20.8 Å². The Labute approximate surface area is 152 Å². The topological polar surface area (TPSA) is 105 Å². The van der Waals surface area contributed by atoms with Gasteiger partial charge in [-0.15, -0.1) is 0 Å². The molecule has 0 bridgehead atoms. The lowest BCUT2D eigenvalue weighted by atomic mass is 10.0. The second-order valence-corrected chi connectivity index (χ2v) is 8.39. The van der Waals surface area contributed by atoms with Crippen LogP contribution in [-0.4, -0.2) is 35.4 Å². The maximum Gasteiger partial charge on any atom is 0.326 e. The van der Waals surface area contributed by atoms with Crippen LogP contribution in [0.3, 0.4) is 0 Å². The van der Waals surface area contributed by atoms with Crippen molar-refractivity contribution in [2.24, 2.45) is 5.92 Å². The molecular weight excluding hydrogens is 356 g/mol. The Balaban J connectivity index is 2.21. The highest BCUT2D eigenvalue weighted by Gasteiger charge is 2.23. The van der Waals surface area contributed by atoms with E-state index < -0.39 is 27.9 Å². The van der Waals surface area contributed by atoms with Gasteiger partial charge in [0.1, 0.15) is 6.04 Å². The highest BCUT2D eigenvalue weighted by molar-refractivity contribution is 7.90. The number of carboxylic acids is 1. The molecule has 1 atom stereocenters. The van der Waals surface area contributed by atoms with E-state index in [1.54, 1.807) is 12.1 Å². The second kappa shape index (κ2) is 7.74. The summed E-state index contributed by atoms with van der Waals surface area (Å²) >= 11 is 0. The van der Waals surface area contributed by atoms with Gasteiger partial charge in [0, 0.05) is 12.4 Å². The number of aliphatic carboxylic acids is 1. The molecule has 0 saturated carbocycles. The van der Waals surface area contributed by atoms with E-state index in [2.05, 4.69) is 5.32 Å². The summed E-state index contributed by atoms with van der Waals surface area (Å²) in [4.78, 5) is 23.6. The van der Waals surface area contributed by atoms with Crippen LogP contribution in [-0.2, 0) is 14.8 Å². The van der Waals surface area contributed by atoms with Gasteiger partial charge in [-0.2, -0.15) is 0 Å². The normalized spacial score (nSPS) is 12.8. The largest absolute Gasteiger partial charge is 0.480 e. The zero-order valence-electron chi connectivity index (χ0n) is 14.8. The maximum atomic E-state index is 12.6. The zero-order valence-corrected chi connectivity index (χ0v) is 15.7. The number of aryl methyl sites for hydroxylation is 1. The highest BCUT2D eigenvalue weighted by Crippen LogP contribution is 2.16. The Kier molecular flexibility index (Phi) is 5.86. The molecule has 1 aromatic carbocycles. The smallest absolute Gasteiger partial charge is 0.326 e. The highest BCUT2D eigenvalue weighted by atomic mass is 32.2. The van der Waals surface area contributed by atoms with E-state index in [0.717, 1.165) is 9.54 Å². The van der Waals surface area contributed by atoms with Crippen molar-refractivity contribution in [1.29, 1.82) is 0 Å². The van der Waals surface area contributed by atoms with E-state index in [9.17, 15) is 23.1 Å².